The van der Waals surface area contributed by atoms with Crippen LogP contribution in [-0.2, 0) is 16.6 Å². The summed E-state index contributed by atoms with van der Waals surface area (Å²) in [6.07, 6.45) is 2.86. The molecule has 1 heterocycles. The fourth-order valence-electron chi connectivity index (χ4n) is 0.759. The zero-order valence-electron chi connectivity index (χ0n) is 8.27. The van der Waals surface area contributed by atoms with E-state index in [9.17, 15) is 8.76 Å². The van der Waals surface area contributed by atoms with E-state index >= 15 is 0 Å². The third-order valence-corrected chi connectivity index (χ3v) is 2.03. The Hall–Kier alpha value is -0.0826. The Morgan fingerprint density at radius 1 is 1.54 bits per heavy atom. The molecule has 0 fully saturated rings. The smallest absolute Gasteiger partial charge is 0.768 e. The van der Waals surface area contributed by atoms with Crippen LogP contribution in [0.5, 0.6) is 0 Å². The first kappa shape index (κ1) is 12.9. The summed E-state index contributed by atoms with van der Waals surface area (Å²) >= 11 is -2.18. The fraction of sp³-hybridized carbons (Fsp3) is 0.571. The standard InChI is InChI=1S/C7H12N2O2S.Li/c1-7(2,3)9-5-6(4-8-9)12(10)11;/h4-5H,1-3H3,(H,10,11);/q;+1/p-1. The normalized spacial score (nSPS) is 13.5. The van der Waals surface area contributed by atoms with Gasteiger partial charge in [-0.25, -0.2) is 0 Å². The molecule has 0 saturated carbocycles. The number of hydrogen-bond donors (Lipinski definition) is 0. The van der Waals surface area contributed by atoms with E-state index in [0.29, 0.717) is 0 Å². The van der Waals surface area contributed by atoms with E-state index in [4.69, 9.17) is 0 Å². The van der Waals surface area contributed by atoms with Gasteiger partial charge in [-0.3, -0.25) is 8.89 Å². The van der Waals surface area contributed by atoms with Crippen LogP contribution in [0.4, 0.5) is 0 Å². The summed E-state index contributed by atoms with van der Waals surface area (Å²) in [5.41, 5.74) is -0.169. The van der Waals surface area contributed by atoms with E-state index in [2.05, 4.69) is 5.10 Å². The molecule has 6 heteroatoms. The van der Waals surface area contributed by atoms with Crippen LogP contribution in [0.25, 0.3) is 0 Å². The van der Waals surface area contributed by atoms with Crippen LogP contribution in [0.2, 0.25) is 0 Å². The van der Waals surface area contributed by atoms with E-state index in [1.165, 1.54) is 12.4 Å². The van der Waals surface area contributed by atoms with Crippen molar-refractivity contribution in [3.05, 3.63) is 12.4 Å². The van der Waals surface area contributed by atoms with Crippen LogP contribution in [0.3, 0.4) is 0 Å². The summed E-state index contributed by atoms with van der Waals surface area (Å²) in [7, 11) is 0. The van der Waals surface area contributed by atoms with E-state index in [0.717, 1.165) is 0 Å². The van der Waals surface area contributed by atoms with Gasteiger partial charge in [0.1, 0.15) is 0 Å². The SMILES string of the molecule is CC(C)(C)n1cc(S(=O)[O-])cn1.[Li+]. The van der Waals surface area contributed by atoms with Crippen molar-refractivity contribution in [1.82, 2.24) is 9.78 Å². The monoisotopic (exact) mass is 194 g/mol. The second kappa shape index (κ2) is 4.42. The van der Waals surface area contributed by atoms with Crippen LogP contribution >= 0.6 is 0 Å². The molecule has 1 aromatic heterocycles. The summed E-state index contributed by atoms with van der Waals surface area (Å²) in [5.74, 6) is 0. The molecule has 0 aliphatic rings. The molecule has 1 aromatic rings. The average Bonchev–Trinajstić information content (AvgIpc) is 2.30. The summed E-state index contributed by atoms with van der Waals surface area (Å²) in [5, 5.41) is 3.93. The Labute approximate surface area is 92.2 Å². The number of aromatic nitrogens is 2. The molecular weight excluding hydrogens is 183 g/mol. The molecule has 1 unspecified atom stereocenters. The van der Waals surface area contributed by atoms with Crippen molar-refractivity contribution in [2.24, 2.45) is 0 Å². The van der Waals surface area contributed by atoms with Gasteiger partial charge in [0.2, 0.25) is 0 Å². The van der Waals surface area contributed by atoms with Crippen molar-refractivity contribution in [3.8, 4) is 0 Å². The van der Waals surface area contributed by atoms with Gasteiger partial charge in [0.15, 0.2) is 0 Å². The molecule has 0 amide bonds. The van der Waals surface area contributed by atoms with Gasteiger partial charge >= 0.3 is 18.9 Å². The molecule has 1 rings (SSSR count). The Bertz CT molecular complexity index is 306. The van der Waals surface area contributed by atoms with E-state index in [1.54, 1.807) is 4.68 Å². The van der Waals surface area contributed by atoms with Crippen molar-refractivity contribution in [1.29, 1.82) is 0 Å². The first-order valence-corrected chi connectivity index (χ1v) is 4.63. The zero-order valence-corrected chi connectivity index (χ0v) is 9.09. The third-order valence-electron chi connectivity index (χ3n) is 1.44. The van der Waals surface area contributed by atoms with Crippen LogP contribution in [-0.4, -0.2) is 18.5 Å². The second-order valence-electron chi connectivity index (χ2n) is 3.53. The van der Waals surface area contributed by atoms with Gasteiger partial charge in [-0.15, -0.1) is 0 Å². The van der Waals surface area contributed by atoms with E-state index in [1.807, 2.05) is 20.8 Å². The van der Waals surface area contributed by atoms with Crippen LogP contribution in [0.15, 0.2) is 17.3 Å². The van der Waals surface area contributed by atoms with Gasteiger partial charge in [-0.1, -0.05) is 0 Å². The van der Waals surface area contributed by atoms with Gasteiger partial charge < -0.3 is 4.55 Å². The molecule has 4 nitrogen and oxygen atoms in total. The molecule has 0 saturated heterocycles. The second-order valence-corrected chi connectivity index (χ2v) is 4.47. The molecule has 0 aliphatic carbocycles. The zero-order chi connectivity index (χ0) is 9.35. The Kier molecular flexibility index (Phi) is 4.40. The molecule has 0 radical (unpaired) electrons. The van der Waals surface area contributed by atoms with Crippen LogP contribution < -0.4 is 18.9 Å². The van der Waals surface area contributed by atoms with Crippen LogP contribution in [0.1, 0.15) is 20.8 Å². The summed E-state index contributed by atoms with van der Waals surface area (Å²) < 4.78 is 22.6. The molecule has 0 aromatic carbocycles. The minimum absolute atomic E-state index is 0. The Morgan fingerprint density at radius 3 is 2.31 bits per heavy atom. The van der Waals surface area contributed by atoms with E-state index in [-0.39, 0.29) is 29.3 Å². The molecular formula is C7H11LiN2O2S. The maximum atomic E-state index is 10.5. The van der Waals surface area contributed by atoms with Crippen molar-refractivity contribution < 1.29 is 27.6 Å². The third kappa shape index (κ3) is 3.28. The Morgan fingerprint density at radius 2 is 2.08 bits per heavy atom. The molecule has 0 bridgehead atoms. The maximum Gasteiger partial charge on any atom is 1.00 e. The van der Waals surface area contributed by atoms with Crippen LogP contribution in [0, 0.1) is 0 Å². The topological polar surface area (TPSA) is 58.0 Å². The molecule has 0 aliphatic heterocycles. The number of nitrogens with zero attached hydrogens (tertiary/aromatic N) is 2. The predicted molar refractivity (Wildman–Crippen MR) is 44.4 cm³/mol. The van der Waals surface area contributed by atoms with Gasteiger partial charge in [-0.05, 0) is 31.9 Å². The molecule has 0 N–H and O–H groups in total. The molecule has 0 spiro atoms. The van der Waals surface area contributed by atoms with Gasteiger partial charge in [-0.2, -0.15) is 5.10 Å². The average molecular weight is 194 g/mol. The van der Waals surface area contributed by atoms with Gasteiger partial charge in [0.25, 0.3) is 0 Å². The van der Waals surface area contributed by atoms with E-state index < -0.39 is 11.1 Å². The number of hydrogen-bond acceptors (Lipinski definition) is 3. The van der Waals surface area contributed by atoms with Gasteiger partial charge in [0.05, 0.1) is 16.6 Å². The molecule has 13 heavy (non-hydrogen) atoms. The van der Waals surface area contributed by atoms with Crippen molar-refractivity contribution >= 4 is 11.1 Å². The predicted octanol–water partition coefficient (Wildman–Crippen LogP) is -2.12. The minimum Gasteiger partial charge on any atom is -0.768 e. The summed E-state index contributed by atoms with van der Waals surface area (Å²) in [6, 6.07) is 0. The summed E-state index contributed by atoms with van der Waals surface area (Å²) in [4.78, 5) is 0.227. The Balaban J connectivity index is 0.00000144. The first-order valence-electron chi connectivity index (χ1n) is 3.55. The van der Waals surface area contributed by atoms with Crippen molar-refractivity contribution in [2.75, 3.05) is 0 Å². The van der Waals surface area contributed by atoms with Crippen molar-refractivity contribution in [3.63, 3.8) is 0 Å². The quantitative estimate of drug-likeness (QED) is 0.379. The van der Waals surface area contributed by atoms with Crippen molar-refractivity contribution in [2.45, 2.75) is 31.2 Å². The first-order chi connectivity index (χ1) is 5.41. The maximum absolute atomic E-state index is 10.5. The van der Waals surface area contributed by atoms with Gasteiger partial charge in [0, 0.05) is 6.20 Å². The summed E-state index contributed by atoms with van der Waals surface area (Å²) in [6.45, 7) is 5.87. The largest absolute Gasteiger partial charge is 1.00 e. The fourth-order valence-corrected chi connectivity index (χ4v) is 1.08. The molecule has 68 valence electrons. The number of rotatable bonds is 1. The minimum atomic E-state index is -2.18. The molecule has 1 atom stereocenters.